The summed E-state index contributed by atoms with van der Waals surface area (Å²) in [6.45, 7) is 6.70. The van der Waals surface area contributed by atoms with Crippen molar-refractivity contribution in [2.24, 2.45) is 5.92 Å². The first-order chi connectivity index (χ1) is 7.72. The van der Waals surface area contributed by atoms with Gasteiger partial charge in [-0.2, -0.15) is 0 Å². The SMILES string of the molecule is C=CCCCC(CNOCCCC)C(=O)O. The molecule has 0 amide bonds. The Labute approximate surface area is 97.6 Å². The number of carboxylic acids is 1. The molecule has 0 aromatic rings. The molecule has 0 spiro atoms. The Hall–Kier alpha value is -0.870. The van der Waals surface area contributed by atoms with Crippen LogP contribution in [0.1, 0.15) is 39.0 Å². The van der Waals surface area contributed by atoms with Gasteiger partial charge in [-0.3, -0.25) is 4.79 Å². The van der Waals surface area contributed by atoms with Crippen molar-refractivity contribution < 1.29 is 14.7 Å². The number of hydrogen-bond acceptors (Lipinski definition) is 3. The molecule has 0 heterocycles. The Morgan fingerprint density at radius 1 is 1.56 bits per heavy atom. The standard InChI is InChI=1S/C12H23NO3/c1-3-5-7-8-11(12(14)15)10-13-16-9-6-4-2/h3,11,13H,1,4-10H2,2H3,(H,14,15). The van der Waals surface area contributed by atoms with Gasteiger partial charge in [-0.1, -0.05) is 19.4 Å². The molecule has 0 saturated carbocycles. The van der Waals surface area contributed by atoms with Crippen molar-refractivity contribution in [2.75, 3.05) is 13.2 Å². The Morgan fingerprint density at radius 3 is 2.88 bits per heavy atom. The maximum Gasteiger partial charge on any atom is 0.307 e. The van der Waals surface area contributed by atoms with Crippen LogP contribution in [0.3, 0.4) is 0 Å². The van der Waals surface area contributed by atoms with E-state index in [1.165, 1.54) is 0 Å². The predicted molar refractivity (Wildman–Crippen MR) is 64.0 cm³/mol. The van der Waals surface area contributed by atoms with Gasteiger partial charge in [0, 0.05) is 6.54 Å². The number of carboxylic acid groups (broad SMARTS) is 1. The second kappa shape index (κ2) is 10.6. The topological polar surface area (TPSA) is 58.6 Å². The molecule has 16 heavy (non-hydrogen) atoms. The molecule has 0 aliphatic heterocycles. The summed E-state index contributed by atoms with van der Waals surface area (Å²) in [5, 5.41) is 8.95. The van der Waals surface area contributed by atoms with Gasteiger partial charge in [-0.15, -0.1) is 6.58 Å². The number of hydroxylamine groups is 1. The van der Waals surface area contributed by atoms with E-state index >= 15 is 0 Å². The lowest BCUT2D eigenvalue weighted by atomic mass is 10.0. The molecule has 0 aromatic heterocycles. The number of rotatable bonds is 11. The summed E-state index contributed by atoms with van der Waals surface area (Å²) in [7, 11) is 0. The van der Waals surface area contributed by atoms with E-state index in [1.807, 2.05) is 6.08 Å². The quantitative estimate of drug-likeness (QED) is 0.324. The number of nitrogens with one attached hydrogen (secondary N) is 1. The van der Waals surface area contributed by atoms with Gasteiger partial charge in [-0.05, 0) is 25.7 Å². The van der Waals surface area contributed by atoms with E-state index in [2.05, 4.69) is 19.0 Å². The fourth-order valence-electron chi connectivity index (χ4n) is 1.27. The van der Waals surface area contributed by atoms with Crippen molar-refractivity contribution >= 4 is 5.97 Å². The lowest BCUT2D eigenvalue weighted by Gasteiger charge is -2.12. The predicted octanol–water partition coefficient (Wildman–Crippen LogP) is 2.36. The highest BCUT2D eigenvalue weighted by Crippen LogP contribution is 2.08. The molecule has 0 aliphatic rings. The fourth-order valence-corrected chi connectivity index (χ4v) is 1.27. The fraction of sp³-hybridized carbons (Fsp3) is 0.750. The lowest BCUT2D eigenvalue weighted by molar-refractivity contribution is -0.142. The summed E-state index contributed by atoms with van der Waals surface area (Å²) in [6, 6.07) is 0. The molecule has 0 rings (SSSR count). The normalized spacial score (nSPS) is 12.3. The van der Waals surface area contributed by atoms with Gasteiger partial charge in [0.25, 0.3) is 0 Å². The zero-order valence-corrected chi connectivity index (χ0v) is 10.1. The Morgan fingerprint density at radius 2 is 2.31 bits per heavy atom. The molecule has 4 nitrogen and oxygen atoms in total. The van der Waals surface area contributed by atoms with Crippen LogP contribution < -0.4 is 5.48 Å². The van der Waals surface area contributed by atoms with Gasteiger partial charge in [0.2, 0.25) is 0 Å². The van der Waals surface area contributed by atoms with Crippen LogP contribution in [0.25, 0.3) is 0 Å². The Kier molecular flexibility index (Phi) is 10.1. The molecule has 1 atom stereocenters. The largest absolute Gasteiger partial charge is 0.481 e. The summed E-state index contributed by atoms with van der Waals surface area (Å²) >= 11 is 0. The van der Waals surface area contributed by atoms with Crippen LogP contribution in [-0.2, 0) is 9.63 Å². The second-order valence-electron chi connectivity index (χ2n) is 3.81. The first-order valence-corrected chi connectivity index (χ1v) is 5.90. The number of carbonyl (C=O) groups is 1. The van der Waals surface area contributed by atoms with Gasteiger partial charge < -0.3 is 9.94 Å². The van der Waals surface area contributed by atoms with Crippen molar-refractivity contribution in [3.05, 3.63) is 12.7 Å². The van der Waals surface area contributed by atoms with E-state index in [0.29, 0.717) is 19.6 Å². The molecule has 94 valence electrons. The highest BCUT2D eigenvalue weighted by Gasteiger charge is 2.16. The average Bonchev–Trinajstić information content (AvgIpc) is 2.26. The summed E-state index contributed by atoms with van der Waals surface area (Å²) in [5.74, 6) is -1.14. The minimum absolute atomic E-state index is 0.371. The summed E-state index contributed by atoms with van der Waals surface area (Å²) < 4.78 is 0. The highest BCUT2D eigenvalue weighted by molar-refractivity contribution is 5.70. The van der Waals surface area contributed by atoms with Crippen LogP contribution in [0.2, 0.25) is 0 Å². The molecule has 0 bridgehead atoms. The molecule has 0 saturated heterocycles. The lowest BCUT2D eigenvalue weighted by Crippen LogP contribution is -2.29. The minimum atomic E-state index is -0.768. The van der Waals surface area contributed by atoms with Crippen LogP contribution in [-0.4, -0.2) is 24.2 Å². The van der Waals surface area contributed by atoms with Crippen molar-refractivity contribution in [3.63, 3.8) is 0 Å². The monoisotopic (exact) mass is 229 g/mol. The van der Waals surface area contributed by atoms with Crippen LogP contribution >= 0.6 is 0 Å². The maximum atomic E-state index is 10.9. The first kappa shape index (κ1) is 15.1. The maximum absolute atomic E-state index is 10.9. The van der Waals surface area contributed by atoms with E-state index in [1.54, 1.807) is 0 Å². The number of hydrogen-bond donors (Lipinski definition) is 2. The summed E-state index contributed by atoms with van der Waals surface area (Å²) in [5.41, 5.74) is 2.72. The first-order valence-electron chi connectivity index (χ1n) is 5.90. The molecule has 1 unspecified atom stereocenters. The zero-order valence-electron chi connectivity index (χ0n) is 10.1. The van der Waals surface area contributed by atoms with Gasteiger partial charge in [0.05, 0.1) is 12.5 Å². The van der Waals surface area contributed by atoms with E-state index in [9.17, 15) is 4.79 Å². The molecule has 0 radical (unpaired) electrons. The van der Waals surface area contributed by atoms with Crippen molar-refractivity contribution in [3.8, 4) is 0 Å². The number of allylic oxidation sites excluding steroid dienone is 1. The van der Waals surface area contributed by atoms with Crippen molar-refractivity contribution in [2.45, 2.75) is 39.0 Å². The second-order valence-corrected chi connectivity index (χ2v) is 3.81. The van der Waals surface area contributed by atoms with Gasteiger partial charge in [-0.25, -0.2) is 5.48 Å². The average molecular weight is 229 g/mol. The minimum Gasteiger partial charge on any atom is -0.481 e. The number of unbranched alkanes of at least 4 members (excludes halogenated alkanes) is 2. The van der Waals surface area contributed by atoms with Gasteiger partial charge in [0.15, 0.2) is 0 Å². The third-order valence-corrected chi connectivity index (χ3v) is 2.34. The molecule has 0 fully saturated rings. The van der Waals surface area contributed by atoms with Crippen LogP contribution in [0.15, 0.2) is 12.7 Å². The van der Waals surface area contributed by atoms with E-state index in [-0.39, 0.29) is 5.92 Å². The Bertz CT molecular complexity index is 195. The van der Waals surface area contributed by atoms with Crippen molar-refractivity contribution in [1.82, 2.24) is 5.48 Å². The third-order valence-electron chi connectivity index (χ3n) is 2.34. The smallest absolute Gasteiger partial charge is 0.307 e. The van der Waals surface area contributed by atoms with Crippen LogP contribution in [0, 0.1) is 5.92 Å². The zero-order chi connectivity index (χ0) is 12.2. The molecule has 0 aliphatic carbocycles. The summed E-state index contributed by atoms with van der Waals surface area (Å²) in [6.07, 6.45) is 6.25. The molecular weight excluding hydrogens is 206 g/mol. The van der Waals surface area contributed by atoms with Gasteiger partial charge in [0.1, 0.15) is 0 Å². The molecule has 0 aromatic carbocycles. The summed E-state index contributed by atoms with van der Waals surface area (Å²) in [4.78, 5) is 16.0. The highest BCUT2D eigenvalue weighted by atomic mass is 16.6. The van der Waals surface area contributed by atoms with E-state index < -0.39 is 5.97 Å². The third kappa shape index (κ3) is 8.44. The van der Waals surface area contributed by atoms with Crippen molar-refractivity contribution in [1.29, 1.82) is 0 Å². The molecule has 4 heteroatoms. The number of aliphatic carboxylic acids is 1. The molecule has 2 N–H and O–H groups in total. The van der Waals surface area contributed by atoms with Gasteiger partial charge >= 0.3 is 5.97 Å². The van der Waals surface area contributed by atoms with E-state index in [4.69, 9.17) is 9.94 Å². The molecular formula is C12H23NO3. The van der Waals surface area contributed by atoms with E-state index in [0.717, 1.165) is 25.7 Å². The van der Waals surface area contributed by atoms with Crippen LogP contribution in [0.4, 0.5) is 0 Å². The Balaban J connectivity index is 3.60. The van der Waals surface area contributed by atoms with Crippen LogP contribution in [0.5, 0.6) is 0 Å².